The van der Waals surface area contributed by atoms with Gasteiger partial charge in [0.05, 0.1) is 18.3 Å². The van der Waals surface area contributed by atoms with E-state index < -0.39 is 42.5 Å². The van der Waals surface area contributed by atoms with Gasteiger partial charge in [-0.3, -0.25) is 4.79 Å². The molecule has 0 saturated carbocycles. The largest absolute Gasteiger partial charge is 0.418 e. The number of aliphatic hydroxyl groups is 2. The predicted molar refractivity (Wildman–Crippen MR) is 105 cm³/mol. The van der Waals surface area contributed by atoms with Crippen LogP contribution in [0.25, 0.3) is 16.3 Å². The lowest BCUT2D eigenvalue weighted by Crippen LogP contribution is -2.35. The standard InChI is InChI=1S/C21H20F3N3O3/c1-12-10-27(12)18-4-2-3-13-5-6-14(7-16(13)18)19(21(22,23)24)17(8-25)20(30)26-9-15(29)11-28/h2-7,12,15,28-29H,9-11H2,1H3,(H,26,30)/b19-17-. The van der Waals surface area contributed by atoms with Gasteiger partial charge >= 0.3 is 6.18 Å². The number of allylic oxidation sites excluding steroid dienone is 1. The summed E-state index contributed by atoms with van der Waals surface area (Å²) in [7, 11) is 0. The highest BCUT2D eigenvalue weighted by Crippen LogP contribution is 2.40. The van der Waals surface area contributed by atoms with Crippen LogP contribution in [0.15, 0.2) is 42.0 Å². The fraction of sp³-hybridized carbons (Fsp3) is 0.333. The summed E-state index contributed by atoms with van der Waals surface area (Å²) >= 11 is 0. The van der Waals surface area contributed by atoms with Gasteiger partial charge in [0.2, 0.25) is 0 Å². The number of halogens is 3. The van der Waals surface area contributed by atoms with E-state index in [1.807, 2.05) is 24.0 Å². The zero-order chi connectivity index (χ0) is 22.1. The summed E-state index contributed by atoms with van der Waals surface area (Å²) in [6.07, 6.45) is -6.31. The quantitative estimate of drug-likeness (QED) is 0.380. The van der Waals surface area contributed by atoms with Gasteiger partial charge in [-0.25, -0.2) is 0 Å². The minimum absolute atomic E-state index is 0.287. The van der Waals surface area contributed by atoms with Crippen molar-refractivity contribution in [3.63, 3.8) is 0 Å². The third kappa shape index (κ3) is 4.40. The molecule has 0 radical (unpaired) electrons. The summed E-state index contributed by atoms with van der Waals surface area (Å²) in [5.74, 6) is -1.27. The first kappa shape index (κ1) is 21.6. The predicted octanol–water partition coefficient (Wildman–Crippen LogP) is 2.36. The van der Waals surface area contributed by atoms with Crippen molar-refractivity contribution in [2.75, 3.05) is 24.6 Å². The molecule has 1 aliphatic rings. The van der Waals surface area contributed by atoms with Crippen molar-refractivity contribution in [2.45, 2.75) is 25.2 Å². The Morgan fingerprint density at radius 1 is 1.37 bits per heavy atom. The van der Waals surface area contributed by atoms with E-state index in [-0.39, 0.29) is 11.6 Å². The molecule has 3 rings (SSSR count). The topological polar surface area (TPSA) is 96.4 Å². The molecule has 2 aromatic carbocycles. The van der Waals surface area contributed by atoms with Gasteiger partial charge in [0.1, 0.15) is 11.6 Å². The molecular formula is C21H20F3N3O3. The monoisotopic (exact) mass is 419 g/mol. The summed E-state index contributed by atoms with van der Waals surface area (Å²) in [5, 5.41) is 30.8. The van der Waals surface area contributed by atoms with E-state index in [0.29, 0.717) is 5.39 Å². The first-order valence-electron chi connectivity index (χ1n) is 9.25. The molecule has 1 heterocycles. The molecule has 6 nitrogen and oxygen atoms in total. The first-order valence-corrected chi connectivity index (χ1v) is 9.25. The van der Waals surface area contributed by atoms with Gasteiger partial charge < -0.3 is 20.4 Å². The lowest BCUT2D eigenvalue weighted by Gasteiger charge is -2.17. The Kier molecular flexibility index (Phi) is 6.01. The molecule has 1 aliphatic heterocycles. The number of alkyl halides is 3. The van der Waals surface area contributed by atoms with Crippen molar-refractivity contribution in [1.29, 1.82) is 5.26 Å². The molecule has 2 atom stereocenters. The van der Waals surface area contributed by atoms with Gasteiger partial charge in [-0.15, -0.1) is 0 Å². The van der Waals surface area contributed by atoms with Gasteiger partial charge in [0.25, 0.3) is 5.91 Å². The number of rotatable bonds is 6. The number of amides is 1. The van der Waals surface area contributed by atoms with Crippen molar-refractivity contribution >= 4 is 27.9 Å². The highest BCUT2D eigenvalue weighted by molar-refractivity contribution is 6.07. The van der Waals surface area contributed by atoms with Crippen molar-refractivity contribution in [1.82, 2.24) is 5.32 Å². The van der Waals surface area contributed by atoms with Crippen LogP contribution in [0.2, 0.25) is 0 Å². The lowest BCUT2D eigenvalue weighted by atomic mass is 9.96. The number of nitrogens with zero attached hydrogens (tertiary/aromatic N) is 2. The SMILES string of the molecule is CC1CN1c1cccc2ccc(/C(=C(\C#N)C(=O)NCC(O)CO)C(F)(F)F)cc12. The van der Waals surface area contributed by atoms with Crippen LogP contribution in [0.1, 0.15) is 12.5 Å². The molecule has 30 heavy (non-hydrogen) atoms. The van der Waals surface area contributed by atoms with Gasteiger partial charge in [-0.05, 0) is 30.0 Å². The van der Waals surface area contributed by atoms with E-state index in [0.717, 1.165) is 17.6 Å². The molecule has 3 N–H and O–H groups in total. The third-order valence-electron chi connectivity index (χ3n) is 4.90. The first-order chi connectivity index (χ1) is 14.2. The van der Waals surface area contributed by atoms with E-state index in [4.69, 9.17) is 5.11 Å². The Bertz CT molecular complexity index is 1040. The average molecular weight is 419 g/mol. The van der Waals surface area contributed by atoms with Crippen LogP contribution in [-0.4, -0.2) is 54.1 Å². The average Bonchev–Trinajstić information content (AvgIpc) is 3.44. The molecule has 0 aromatic heterocycles. The number of hydrogen-bond donors (Lipinski definition) is 3. The third-order valence-corrected chi connectivity index (χ3v) is 4.90. The Labute approximate surface area is 170 Å². The summed E-state index contributed by atoms with van der Waals surface area (Å²) in [5.41, 5.74) is -1.97. The minimum atomic E-state index is -4.96. The number of aliphatic hydroxyl groups excluding tert-OH is 2. The summed E-state index contributed by atoms with van der Waals surface area (Å²) in [6.45, 7) is 1.63. The smallest absolute Gasteiger partial charge is 0.394 e. The Hall–Kier alpha value is -3.09. The van der Waals surface area contributed by atoms with E-state index in [2.05, 4.69) is 5.32 Å². The number of carbonyl (C=O) groups is 1. The number of carbonyl (C=O) groups excluding carboxylic acids is 1. The molecule has 1 amide bonds. The van der Waals surface area contributed by atoms with Crippen molar-refractivity contribution in [2.24, 2.45) is 0 Å². The fourth-order valence-corrected chi connectivity index (χ4v) is 3.27. The van der Waals surface area contributed by atoms with Gasteiger partial charge in [0.15, 0.2) is 0 Å². The minimum Gasteiger partial charge on any atom is -0.394 e. The number of anilines is 1. The molecule has 1 saturated heterocycles. The van der Waals surface area contributed by atoms with Gasteiger partial charge in [0, 0.05) is 30.2 Å². The Morgan fingerprint density at radius 3 is 2.63 bits per heavy atom. The molecular weight excluding hydrogens is 399 g/mol. The Morgan fingerprint density at radius 2 is 2.07 bits per heavy atom. The number of nitrogens with one attached hydrogen (secondary N) is 1. The van der Waals surface area contributed by atoms with Crippen LogP contribution in [-0.2, 0) is 4.79 Å². The normalized spacial score (nSPS) is 17.9. The molecule has 9 heteroatoms. The molecule has 158 valence electrons. The van der Waals surface area contributed by atoms with Crippen LogP contribution in [0.5, 0.6) is 0 Å². The van der Waals surface area contributed by atoms with E-state index in [1.54, 1.807) is 6.07 Å². The number of hydrogen-bond acceptors (Lipinski definition) is 5. The summed E-state index contributed by atoms with van der Waals surface area (Å²) in [6, 6.07) is 11.1. The second-order valence-corrected chi connectivity index (χ2v) is 7.12. The highest BCUT2D eigenvalue weighted by Gasteiger charge is 2.40. The second-order valence-electron chi connectivity index (χ2n) is 7.12. The zero-order valence-electron chi connectivity index (χ0n) is 16.1. The van der Waals surface area contributed by atoms with Gasteiger partial charge in [-0.2, -0.15) is 18.4 Å². The summed E-state index contributed by atoms with van der Waals surface area (Å²) < 4.78 is 41.7. The molecule has 2 unspecified atom stereocenters. The number of benzene rings is 2. The van der Waals surface area contributed by atoms with Crippen LogP contribution >= 0.6 is 0 Å². The van der Waals surface area contributed by atoms with Crippen LogP contribution < -0.4 is 10.2 Å². The van der Waals surface area contributed by atoms with Crippen LogP contribution in [0.4, 0.5) is 18.9 Å². The number of fused-ring (bicyclic) bond motifs is 1. The van der Waals surface area contributed by atoms with Gasteiger partial charge in [-0.1, -0.05) is 24.3 Å². The maximum atomic E-state index is 13.9. The molecule has 0 aliphatic carbocycles. The highest BCUT2D eigenvalue weighted by atomic mass is 19.4. The molecule has 2 aromatic rings. The van der Waals surface area contributed by atoms with Crippen LogP contribution in [0.3, 0.4) is 0 Å². The van der Waals surface area contributed by atoms with E-state index in [1.165, 1.54) is 24.3 Å². The van der Waals surface area contributed by atoms with Crippen molar-refractivity contribution in [3.05, 3.63) is 47.5 Å². The number of nitriles is 1. The van der Waals surface area contributed by atoms with E-state index in [9.17, 15) is 28.3 Å². The molecule has 1 fully saturated rings. The van der Waals surface area contributed by atoms with Crippen LogP contribution in [0, 0.1) is 11.3 Å². The maximum absolute atomic E-state index is 13.9. The van der Waals surface area contributed by atoms with Crippen molar-refractivity contribution < 1.29 is 28.2 Å². The summed E-state index contributed by atoms with van der Waals surface area (Å²) in [4.78, 5) is 14.3. The fourth-order valence-electron chi connectivity index (χ4n) is 3.27. The molecule has 0 bridgehead atoms. The zero-order valence-corrected chi connectivity index (χ0v) is 16.1. The Balaban J connectivity index is 2.11. The lowest BCUT2D eigenvalue weighted by molar-refractivity contribution is -0.118. The van der Waals surface area contributed by atoms with E-state index >= 15 is 0 Å². The molecule has 0 spiro atoms. The van der Waals surface area contributed by atoms with Crippen molar-refractivity contribution in [3.8, 4) is 6.07 Å². The maximum Gasteiger partial charge on any atom is 0.418 e. The second kappa shape index (κ2) is 8.34.